The zero-order valence-corrected chi connectivity index (χ0v) is 20.6. The van der Waals surface area contributed by atoms with Crippen LogP contribution < -0.4 is 10.6 Å². The van der Waals surface area contributed by atoms with Crippen LogP contribution >= 0.6 is 35.1 Å². The second-order valence-electron chi connectivity index (χ2n) is 8.68. The van der Waals surface area contributed by atoms with Gasteiger partial charge in [0.25, 0.3) is 5.91 Å². The van der Waals surface area contributed by atoms with Crippen molar-refractivity contribution >= 4 is 46.8 Å². The number of hydrogen-bond donors (Lipinski definition) is 2. The molecule has 5 rings (SSSR count). The number of carbonyl (C=O) groups excluding carboxylic acids is 1. The lowest BCUT2D eigenvalue weighted by Gasteiger charge is -2.39. The molecule has 1 saturated heterocycles. The van der Waals surface area contributed by atoms with Gasteiger partial charge in [0.15, 0.2) is 16.7 Å². The maximum Gasteiger partial charge on any atom is 0.409 e. The summed E-state index contributed by atoms with van der Waals surface area (Å²) < 4.78 is 65.0. The maximum absolute atomic E-state index is 14.4. The Labute approximate surface area is 212 Å². The van der Waals surface area contributed by atoms with Gasteiger partial charge in [-0.25, -0.2) is 8.79 Å². The third-order valence-corrected chi connectivity index (χ3v) is 8.33. The van der Waals surface area contributed by atoms with E-state index in [9.17, 15) is 22.4 Å². The van der Waals surface area contributed by atoms with Crippen molar-refractivity contribution in [3.63, 3.8) is 0 Å². The quantitative estimate of drug-likeness (QED) is 0.304. The summed E-state index contributed by atoms with van der Waals surface area (Å²) in [5.74, 6) is -1.29. The first kappa shape index (κ1) is 24.8. The van der Waals surface area contributed by atoms with Crippen molar-refractivity contribution in [2.24, 2.45) is 4.40 Å². The third kappa shape index (κ3) is 3.85. The van der Waals surface area contributed by atoms with Crippen LogP contribution in [0.2, 0.25) is 10.0 Å². The van der Waals surface area contributed by atoms with E-state index in [1.165, 1.54) is 0 Å². The molecule has 3 heterocycles. The second-order valence-corrected chi connectivity index (χ2v) is 10.6. The van der Waals surface area contributed by atoms with Crippen molar-refractivity contribution in [1.29, 1.82) is 0 Å². The molecule has 5 nitrogen and oxygen atoms in total. The van der Waals surface area contributed by atoms with E-state index in [1.807, 2.05) is 0 Å². The van der Waals surface area contributed by atoms with Crippen molar-refractivity contribution in [3.8, 4) is 0 Å². The standard InChI is InChI=1S/C23H19Cl2F4N3O2S/c1-2-31-20(33)19-13-5-11(3-4-14(13)21(34-19)9-30-10-21)17-8-22(35-32-17,23(27,28)29)12-6-15(24)18(26)16(25)7-12/h3-7,19,30H,2,8-10H2,1H3,(H,31,33). The molecule has 1 amide bonds. The van der Waals surface area contributed by atoms with Crippen molar-refractivity contribution in [1.82, 2.24) is 10.6 Å². The number of carbonyl (C=O) groups is 1. The van der Waals surface area contributed by atoms with Gasteiger partial charge in [0.05, 0.1) is 15.8 Å². The smallest absolute Gasteiger partial charge is 0.354 e. The largest absolute Gasteiger partial charge is 0.409 e. The van der Waals surface area contributed by atoms with E-state index in [0.717, 1.165) is 17.7 Å². The summed E-state index contributed by atoms with van der Waals surface area (Å²) >= 11 is 12.0. The molecular weight excluding hydrogens is 529 g/mol. The number of likely N-dealkylation sites (N-methyl/N-ethyl adjacent to an activating group) is 1. The normalized spacial score (nSPS) is 24.8. The van der Waals surface area contributed by atoms with Crippen LogP contribution in [0.1, 0.15) is 41.7 Å². The SMILES string of the molecule is CCNC(=O)C1OC2(CNC2)c2ccc(C3=NSC(c4cc(Cl)c(F)c(Cl)c4)(C(F)(F)F)C3)cc21. The van der Waals surface area contributed by atoms with Crippen LogP contribution in [0.3, 0.4) is 0 Å². The maximum atomic E-state index is 14.4. The number of fused-ring (bicyclic) bond motifs is 2. The van der Waals surface area contributed by atoms with Crippen LogP contribution in [0.4, 0.5) is 17.6 Å². The molecule has 35 heavy (non-hydrogen) atoms. The summed E-state index contributed by atoms with van der Waals surface area (Å²) in [6.45, 7) is 3.28. The molecule has 2 N–H and O–H groups in total. The average molecular weight is 548 g/mol. The van der Waals surface area contributed by atoms with E-state index in [4.69, 9.17) is 27.9 Å². The van der Waals surface area contributed by atoms with Crippen LogP contribution in [0.25, 0.3) is 0 Å². The molecule has 2 aromatic carbocycles. The van der Waals surface area contributed by atoms with Gasteiger partial charge in [-0.15, -0.1) is 0 Å². The fourth-order valence-corrected chi connectivity index (χ4v) is 6.11. The summed E-state index contributed by atoms with van der Waals surface area (Å²) in [5, 5.41) is 4.90. The minimum absolute atomic E-state index is 0.189. The summed E-state index contributed by atoms with van der Waals surface area (Å²) in [4.78, 5) is 12.7. The zero-order chi connectivity index (χ0) is 25.2. The first-order valence-electron chi connectivity index (χ1n) is 10.8. The summed E-state index contributed by atoms with van der Waals surface area (Å²) in [6, 6.07) is 7.04. The molecule has 3 aliphatic heterocycles. The molecule has 2 unspecified atom stereocenters. The molecule has 186 valence electrons. The zero-order valence-electron chi connectivity index (χ0n) is 18.2. The minimum atomic E-state index is -4.74. The molecule has 0 saturated carbocycles. The Kier molecular flexibility index (Phi) is 6.12. The van der Waals surface area contributed by atoms with E-state index in [1.54, 1.807) is 25.1 Å². The molecule has 2 atom stereocenters. The first-order valence-corrected chi connectivity index (χ1v) is 12.3. The van der Waals surface area contributed by atoms with Gasteiger partial charge in [-0.2, -0.15) is 13.2 Å². The highest BCUT2D eigenvalue weighted by Gasteiger charge is 2.60. The van der Waals surface area contributed by atoms with E-state index in [2.05, 4.69) is 15.0 Å². The van der Waals surface area contributed by atoms with E-state index in [-0.39, 0.29) is 17.2 Å². The number of amides is 1. The highest BCUT2D eigenvalue weighted by atomic mass is 35.5. The first-order chi connectivity index (χ1) is 16.5. The average Bonchev–Trinajstić information content (AvgIpc) is 3.38. The van der Waals surface area contributed by atoms with Gasteiger partial charge < -0.3 is 15.4 Å². The van der Waals surface area contributed by atoms with Crippen LogP contribution in [-0.4, -0.2) is 37.4 Å². The van der Waals surface area contributed by atoms with E-state index in [0.29, 0.717) is 42.7 Å². The van der Waals surface area contributed by atoms with Gasteiger partial charge in [0.2, 0.25) is 0 Å². The molecule has 1 spiro atoms. The number of nitrogens with zero attached hydrogens (tertiary/aromatic N) is 1. The third-order valence-electron chi connectivity index (χ3n) is 6.55. The van der Waals surface area contributed by atoms with Crippen molar-refractivity contribution in [3.05, 3.63) is 68.4 Å². The Bertz CT molecular complexity index is 1230. The van der Waals surface area contributed by atoms with Crippen LogP contribution in [0.15, 0.2) is 34.7 Å². The van der Waals surface area contributed by atoms with Crippen molar-refractivity contribution in [2.75, 3.05) is 19.6 Å². The lowest BCUT2D eigenvalue weighted by atomic mass is 9.84. The number of ether oxygens (including phenoxy) is 1. The van der Waals surface area contributed by atoms with Crippen LogP contribution in [0, 0.1) is 5.82 Å². The highest BCUT2D eigenvalue weighted by Crippen LogP contribution is 2.57. The highest BCUT2D eigenvalue weighted by molar-refractivity contribution is 7.99. The fraction of sp³-hybridized carbons (Fsp3) is 0.391. The van der Waals surface area contributed by atoms with Gasteiger partial charge in [-0.05, 0) is 59.3 Å². The molecule has 12 heteroatoms. The second kappa shape index (κ2) is 8.62. The number of nitrogens with one attached hydrogen (secondary N) is 2. The molecular formula is C23H19Cl2F4N3O2S. The van der Waals surface area contributed by atoms with E-state index >= 15 is 0 Å². The number of benzene rings is 2. The monoisotopic (exact) mass is 547 g/mol. The predicted octanol–water partition coefficient (Wildman–Crippen LogP) is 5.44. The number of halogens is 6. The lowest BCUT2D eigenvalue weighted by molar-refractivity contribution is -0.159. The van der Waals surface area contributed by atoms with Crippen LogP contribution in [-0.2, 0) is 19.9 Å². The molecule has 0 aromatic heterocycles. The molecule has 0 radical (unpaired) electrons. The number of rotatable bonds is 4. The van der Waals surface area contributed by atoms with Crippen LogP contribution in [0.5, 0.6) is 0 Å². The lowest BCUT2D eigenvalue weighted by Crippen LogP contribution is -2.57. The van der Waals surface area contributed by atoms with Gasteiger partial charge in [-0.1, -0.05) is 35.3 Å². The van der Waals surface area contributed by atoms with E-state index < -0.39 is 44.9 Å². The Hall–Kier alpha value is -1.85. The number of hydrogen-bond acceptors (Lipinski definition) is 5. The Morgan fingerprint density at radius 1 is 1.26 bits per heavy atom. The Balaban J connectivity index is 1.53. The summed E-state index contributed by atoms with van der Waals surface area (Å²) in [7, 11) is 0. The predicted molar refractivity (Wildman–Crippen MR) is 126 cm³/mol. The van der Waals surface area contributed by atoms with Gasteiger partial charge in [-0.3, -0.25) is 4.79 Å². The summed E-state index contributed by atoms with van der Waals surface area (Å²) in [6.07, 6.45) is -6.13. The van der Waals surface area contributed by atoms with Gasteiger partial charge >= 0.3 is 6.18 Å². The minimum Gasteiger partial charge on any atom is -0.354 e. The molecule has 2 aromatic rings. The van der Waals surface area contributed by atoms with Gasteiger partial charge in [0, 0.05) is 26.1 Å². The van der Waals surface area contributed by atoms with Crippen molar-refractivity contribution in [2.45, 2.75) is 36.0 Å². The molecule has 1 fully saturated rings. The molecule has 0 aliphatic carbocycles. The molecule has 3 aliphatic rings. The van der Waals surface area contributed by atoms with Gasteiger partial charge in [0.1, 0.15) is 5.60 Å². The Morgan fingerprint density at radius 2 is 1.94 bits per heavy atom. The Morgan fingerprint density at radius 3 is 2.51 bits per heavy atom. The fourth-order valence-electron chi connectivity index (χ4n) is 4.66. The number of alkyl halides is 3. The van der Waals surface area contributed by atoms with Crippen molar-refractivity contribution < 1.29 is 27.1 Å². The molecule has 0 bridgehead atoms. The summed E-state index contributed by atoms with van der Waals surface area (Å²) in [5.41, 5.74) is 1.17. The topological polar surface area (TPSA) is 62.7 Å².